The maximum absolute atomic E-state index is 11.4. The smallest absolute Gasteiger partial charge is 0.258 e. The monoisotopic (exact) mass is 278 g/mol. The number of rotatable bonds is 9. The van der Waals surface area contributed by atoms with Crippen LogP contribution >= 0.6 is 0 Å². The molecule has 0 saturated heterocycles. The van der Waals surface area contributed by atoms with Gasteiger partial charge in [-0.3, -0.25) is 4.79 Å². The highest BCUT2D eigenvalue weighted by molar-refractivity contribution is 5.77. The lowest BCUT2D eigenvalue weighted by Gasteiger charge is -2.08. The molecule has 1 aromatic carbocycles. The first-order valence-corrected chi connectivity index (χ1v) is 6.98. The lowest BCUT2D eigenvalue weighted by atomic mass is 10.2. The number of methoxy groups -OCH3 is 1. The fourth-order valence-electron chi connectivity index (χ4n) is 1.75. The highest BCUT2D eigenvalue weighted by atomic mass is 16.5. The molecule has 5 heteroatoms. The zero-order valence-corrected chi connectivity index (χ0v) is 11.9. The Morgan fingerprint density at radius 2 is 2.05 bits per heavy atom. The molecule has 1 aromatic rings. The lowest BCUT2D eigenvalue weighted by Crippen LogP contribution is -2.31. The summed E-state index contributed by atoms with van der Waals surface area (Å²) in [5.41, 5.74) is 1.23. The maximum atomic E-state index is 11.4. The van der Waals surface area contributed by atoms with Crippen molar-refractivity contribution in [3.8, 4) is 5.75 Å². The van der Waals surface area contributed by atoms with Gasteiger partial charge in [-0.15, -0.1) is 0 Å². The number of hydrogen-bond donors (Lipinski definition) is 2. The van der Waals surface area contributed by atoms with Gasteiger partial charge < -0.3 is 20.1 Å². The van der Waals surface area contributed by atoms with Crippen LogP contribution in [0.5, 0.6) is 5.75 Å². The Labute approximate surface area is 119 Å². The molecule has 1 aliphatic carbocycles. The third-order valence-corrected chi connectivity index (χ3v) is 3.09. The summed E-state index contributed by atoms with van der Waals surface area (Å²) in [6.07, 6.45) is 2.58. The van der Waals surface area contributed by atoms with Crippen LogP contribution in [0.25, 0.3) is 0 Å². The van der Waals surface area contributed by atoms with Gasteiger partial charge in [0, 0.05) is 26.2 Å². The van der Waals surface area contributed by atoms with Gasteiger partial charge in [0.25, 0.3) is 5.91 Å². The largest absolute Gasteiger partial charge is 0.484 e. The predicted octanol–water partition coefficient (Wildman–Crippen LogP) is 1.08. The van der Waals surface area contributed by atoms with E-state index in [-0.39, 0.29) is 12.5 Å². The number of carbonyl (C=O) groups is 1. The van der Waals surface area contributed by atoms with Gasteiger partial charge >= 0.3 is 0 Å². The maximum Gasteiger partial charge on any atom is 0.258 e. The van der Waals surface area contributed by atoms with Crippen LogP contribution in [0.3, 0.4) is 0 Å². The van der Waals surface area contributed by atoms with Crippen molar-refractivity contribution >= 4 is 5.91 Å². The Morgan fingerprint density at radius 3 is 2.70 bits per heavy atom. The quantitative estimate of drug-likeness (QED) is 0.664. The van der Waals surface area contributed by atoms with E-state index < -0.39 is 0 Å². The first kappa shape index (κ1) is 14.8. The molecule has 0 unspecified atom stereocenters. The van der Waals surface area contributed by atoms with E-state index in [1.54, 1.807) is 7.11 Å². The van der Waals surface area contributed by atoms with Gasteiger partial charge in [-0.1, -0.05) is 12.1 Å². The predicted molar refractivity (Wildman–Crippen MR) is 76.7 cm³/mol. The minimum atomic E-state index is -0.137. The summed E-state index contributed by atoms with van der Waals surface area (Å²) in [4.78, 5) is 11.4. The molecule has 1 aliphatic rings. The summed E-state index contributed by atoms with van der Waals surface area (Å²) in [5.74, 6) is 0.573. The molecule has 0 heterocycles. The van der Waals surface area contributed by atoms with Crippen molar-refractivity contribution in [2.24, 2.45) is 0 Å². The molecule has 2 rings (SSSR count). The van der Waals surface area contributed by atoms with Crippen LogP contribution in [0, 0.1) is 0 Å². The van der Waals surface area contributed by atoms with Gasteiger partial charge in [-0.25, -0.2) is 0 Å². The normalized spacial score (nSPS) is 14.1. The van der Waals surface area contributed by atoms with Crippen LogP contribution < -0.4 is 15.4 Å². The molecule has 0 aromatic heterocycles. The minimum absolute atomic E-state index is 0.0311. The van der Waals surface area contributed by atoms with Crippen molar-refractivity contribution < 1.29 is 14.3 Å². The van der Waals surface area contributed by atoms with Crippen molar-refractivity contribution in [1.29, 1.82) is 0 Å². The summed E-state index contributed by atoms with van der Waals surface area (Å²) in [6.45, 7) is 1.94. The van der Waals surface area contributed by atoms with Crippen molar-refractivity contribution in [1.82, 2.24) is 10.6 Å². The average molecular weight is 278 g/mol. The number of hydrogen-bond acceptors (Lipinski definition) is 4. The van der Waals surface area contributed by atoms with Gasteiger partial charge in [0.05, 0.1) is 6.61 Å². The van der Waals surface area contributed by atoms with Crippen LogP contribution in [-0.2, 0) is 16.1 Å². The van der Waals surface area contributed by atoms with E-state index in [0.717, 1.165) is 6.54 Å². The van der Waals surface area contributed by atoms with E-state index in [2.05, 4.69) is 10.6 Å². The first-order chi connectivity index (χ1) is 9.78. The van der Waals surface area contributed by atoms with E-state index in [1.807, 2.05) is 24.3 Å². The Kier molecular flexibility index (Phi) is 5.83. The van der Waals surface area contributed by atoms with Crippen molar-refractivity contribution in [2.75, 3.05) is 26.9 Å². The molecular weight excluding hydrogens is 256 g/mol. The number of benzene rings is 1. The zero-order valence-electron chi connectivity index (χ0n) is 11.9. The molecule has 2 N–H and O–H groups in total. The SMILES string of the molecule is COCCNC(=O)COc1ccc(CNC2CC2)cc1. The minimum Gasteiger partial charge on any atom is -0.484 e. The molecule has 1 saturated carbocycles. The van der Waals surface area contributed by atoms with Crippen LogP contribution in [0.15, 0.2) is 24.3 Å². The van der Waals surface area contributed by atoms with Crippen molar-refractivity contribution in [3.05, 3.63) is 29.8 Å². The second kappa shape index (κ2) is 7.87. The highest BCUT2D eigenvalue weighted by Gasteiger charge is 2.19. The average Bonchev–Trinajstić information content (AvgIpc) is 3.28. The summed E-state index contributed by atoms with van der Waals surface area (Å²) in [6, 6.07) is 8.54. The summed E-state index contributed by atoms with van der Waals surface area (Å²) >= 11 is 0. The second-order valence-corrected chi connectivity index (χ2v) is 4.93. The second-order valence-electron chi connectivity index (χ2n) is 4.93. The Hall–Kier alpha value is -1.59. The zero-order chi connectivity index (χ0) is 14.2. The standard InChI is InChI=1S/C15H22N2O3/c1-19-9-8-16-15(18)11-20-14-6-2-12(3-7-14)10-17-13-4-5-13/h2-3,6-7,13,17H,4-5,8-11H2,1H3,(H,16,18). The highest BCUT2D eigenvalue weighted by Crippen LogP contribution is 2.19. The molecule has 0 bridgehead atoms. The van der Waals surface area contributed by atoms with E-state index >= 15 is 0 Å². The molecule has 20 heavy (non-hydrogen) atoms. The fourth-order valence-corrected chi connectivity index (χ4v) is 1.75. The Bertz CT molecular complexity index is 416. The number of ether oxygens (including phenoxy) is 2. The van der Waals surface area contributed by atoms with Crippen molar-refractivity contribution in [2.45, 2.75) is 25.4 Å². The molecule has 110 valence electrons. The molecule has 0 aliphatic heterocycles. The molecule has 0 radical (unpaired) electrons. The summed E-state index contributed by atoms with van der Waals surface area (Å²) < 4.78 is 10.3. The summed E-state index contributed by atoms with van der Waals surface area (Å²) in [5, 5.41) is 6.16. The lowest BCUT2D eigenvalue weighted by molar-refractivity contribution is -0.123. The van der Waals surface area contributed by atoms with Crippen LogP contribution in [-0.4, -0.2) is 38.8 Å². The van der Waals surface area contributed by atoms with E-state index in [0.29, 0.717) is 24.9 Å². The van der Waals surface area contributed by atoms with E-state index in [9.17, 15) is 4.79 Å². The fraction of sp³-hybridized carbons (Fsp3) is 0.533. The van der Waals surface area contributed by atoms with Gasteiger partial charge in [-0.05, 0) is 30.5 Å². The molecule has 5 nitrogen and oxygen atoms in total. The molecule has 0 atom stereocenters. The molecule has 1 fully saturated rings. The number of nitrogens with one attached hydrogen (secondary N) is 2. The van der Waals surface area contributed by atoms with Crippen molar-refractivity contribution in [3.63, 3.8) is 0 Å². The third-order valence-electron chi connectivity index (χ3n) is 3.09. The van der Waals surface area contributed by atoms with E-state index in [1.165, 1.54) is 18.4 Å². The van der Waals surface area contributed by atoms with Crippen LogP contribution in [0.1, 0.15) is 18.4 Å². The first-order valence-electron chi connectivity index (χ1n) is 6.98. The molecular formula is C15H22N2O3. The molecule has 1 amide bonds. The molecule has 0 spiro atoms. The Balaban J connectivity index is 1.65. The number of carbonyl (C=O) groups excluding carboxylic acids is 1. The van der Waals surface area contributed by atoms with Gasteiger partial charge in [0.1, 0.15) is 5.75 Å². The van der Waals surface area contributed by atoms with Gasteiger partial charge in [-0.2, -0.15) is 0 Å². The van der Waals surface area contributed by atoms with Gasteiger partial charge in [0.2, 0.25) is 0 Å². The van der Waals surface area contributed by atoms with Crippen LogP contribution in [0.4, 0.5) is 0 Å². The van der Waals surface area contributed by atoms with E-state index in [4.69, 9.17) is 9.47 Å². The summed E-state index contributed by atoms with van der Waals surface area (Å²) in [7, 11) is 1.60. The number of amides is 1. The van der Waals surface area contributed by atoms with Gasteiger partial charge in [0.15, 0.2) is 6.61 Å². The topological polar surface area (TPSA) is 59.6 Å². The van der Waals surface area contributed by atoms with Crippen LogP contribution in [0.2, 0.25) is 0 Å². The third kappa shape index (κ3) is 5.59. The Morgan fingerprint density at radius 1 is 1.30 bits per heavy atom.